The van der Waals surface area contributed by atoms with Crippen molar-refractivity contribution in [1.82, 2.24) is 4.90 Å². The second-order valence-corrected chi connectivity index (χ2v) is 4.26. The molecule has 2 aliphatic rings. The maximum Gasteiger partial charge on any atom is 0.241 e. The van der Waals surface area contributed by atoms with Crippen LogP contribution < -0.4 is 5.73 Å². The number of hydrogen-bond acceptors (Lipinski definition) is 2. The summed E-state index contributed by atoms with van der Waals surface area (Å²) in [6, 6.07) is -0.206. The summed E-state index contributed by atoms with van der Waals surface area (Å²) in [5.74, 6) is 0.152. The van der Waals surface area contributed by atoms with Crippen molar-refractivity contribution in [3.8, 4) is 0 Å². The van der Waals surface area contributed by atoms with Crippen LogP contribution in [0.4, 0.5) is 0 Å². The van der Waals surface area contributed by atoms with E-state index in [0.717, 1.165) is 19.4 Å². The summed E-state index contributed by atoms with van der Waals surface area (Å²) < 4.78 is 0. The molecule has 1 aliphatic heterocycles. The summed E-state index contributed by atoms with van der Waals surface area (Å²) in [6.07, 6.45) is 4.84. The van der Waals surface area contributed by atoms with Gasteiger partial charge in [-0.2, -0.15) is 0 Å². The van der Waals surface area contributed by atoms with Crippen LogP contribution in [-0.2, 0) is 4.79 Å². The van der Waals surface area contributed by atoms with E-state index in [1.165, 1.54) is 12.8 Å². The Morgan fingerprint density at radius 2 is 2.08 bits per heavy atom. The minimum Gasteiger partial charge on any atom is -0.334 e. The van der Waals surface area contributed by atoms with Gasteiger partial charge in [0.25, 0.3) is 0 Å². The van der Waals surface area contributed by atoms with E-state index in [0.29, 0.717) is 0 Å². The van der Waals surface area contributed by atoms with E-state index in [-0.39, 0.29) is 17.5 Å². The van der Waals surface area contributed by atoms with Gasteiger partial charge < -0.3 is 10.6 Å². The summed E-state index contributed by atoms with van der Waals surface area (Å²) in [6.45, 7) is 2.96. The zero-order valence-corrected chi connectivity index (χ0v) is 7.55. The van der Waals surface area contributed by atoms with E-state index in [2.05, 4.69) is 6.92 Å². The first-order valence-corrected chi connectivity index (χ1v) is 4.70. The molecule has 0 aromatic carbocycles. The van der Waals surface area contributed by atoms with Gasteiger partial charge >= 0.3 is 0 Å². The normalized spacial score (nSPS) is 33.7. The lowest BCUT2D eigenvalue weighted by atomic mass is 9.92. The Bertz CT molecular complexity index is 209. The molecule has 0 aromatic rings. The van der Waals surface area contributed by atoms with E-state index in [9.17, 15) is 4.79 Å². The van der Waals surface area contributed by atoms with Gasteiger partial charge in [-0.25, -0.2) is 0 Å². The van der Waals surface area contributed by atoms with Gasteiger partial charge in [0.2, 0.25) is 5.91 Å². The first-order chi connectivity index (χ1) is 5.63. The standard InChI is InChI=1S/C9H16N2O/c1-9(4-2-3-5-9)11-6-7(10)8(11)12/h7H,2-6,10H2,1H3. The maximum atomic E-state index is 11.4. The zero-order chi connectivity index (χ0) is 8.77. The summed E-state index contributed by atoms with van der Waals surface area (Å²) in [4.78, 5) is 13.3. The Balaban J connectivity index is 2.05. The zero-order valence-electron chi connectivity index (χ0n) is 7.55. The molecule has 1 aliphatic carbocycles. The third-order valence-corrected chi connectivity index (χ3v) is 3.29. The molecule has 1 heterocycles. The first-order valence-electron chi connectivity index (χ1n) is 4.70. The van der Waals surface area contributed by atoms with Gasteiger partial charge in [-0.05, 0) is 19.8 Å². The number of carbonyl (C=O) groups excluding carboxylic acids is 1. The Morgan fingerprint density at radius 1 is 1.50 bits per heavy atom. The van der Waals surface area contributed by atoms with Crippen LogP contribution in [0, 0.1) is 0 Å². The van der Waals surface area contributed by atoms with Gasteiger partial charge in [0, 0.05) is 12.1 Å². The molecular weight excluding hydrogens is 152 g/mol. The second-order valence-electron chi connectivity index (χ2n) is 4.26. The number of nitrogens with two attached hydrogens (primary N) is 1. The van der Waals surface area contributed by atoms with Crippen LogP contribution in [0.2, 0.25) is 0 Å². The quantitative estimate of drug-likeness (QED) is 0.579. The molecular formula is C9H16N2O. The van der Waals surface area contributed by atoms with Crippen molar-refractivity contribution >= 4 is 5.91 Å². The lowest BCUT2D eigenvalue weighted by molar-refractivity contribution is -0.150. The number of hydrogen-bond donors (Lipinski definition) is 1. The molecule has 68 valence electrons. The number of carbonyl (C=O) groups is 1. The molecule has 3 heteroatoms. The van der Waals surface area contributed by atoms with Gasteiger partial charge in [0.1, 0.15) is 6.04 Å². The first kappa shape index (κ1) is 8.05. The molecule has 0 radical (unpaired) electrons. The highest BCUT2D eigenvalue weighted by molar-refractivity contribution is 5.88. The molecule has 3 nitrogen and oxygen atoms in total. The van der Waals surface area contributed by atoms with Crippen LogP contribution in [0.25, 0.3) is 0 Å². The number of rotatable bonds is 1. The van der Waals surface area contributed by atoms with Crippen LogP contribution in [0.15, 0.2) is 0 Å². The molecule has 0 aromatic heterocycles. The Kier molecular flexibility index (Phi) is 1.65. The van der Waals surface area contributed by atoms with Crippen molar-refractivity contribution in [2.75, 3.05) is 6.54 Å². The summed E-state index contributed by atoms with van der Waals surface area (Å²) in [5.41, 5.74) is 5.69. The highest BCUT2D eigenvalue weighted by Crippen LogP contribution is 2.37. The molecule has 0 spiro atoms. The minimum absolute atomic E-state index is 0.146. The molecule has 1 atom stereocenters. The van der Waals surface area contributed by atoms with Crippen molar-refractivity contribution in [2.24, 2.45) is 5.73 Å². The highest BCUT2D eigenvalue weighted by atomic mass is 16.2. The van der Waals surface area contributed by atoms with Gasteiger partial charge in [0.05, 0.1) is 0 Å². The molecule has 0 bridgehead atoms. The predicted molar refractivity (Wildman–Crippen MR) is 46.6 cm³/mol. The van der Waals surface area contributed by atoms with E-state index < -0.39 is 0 Å². The molecule has 1 saturated heterocycles. The van der Waals surface area contributed by atoms with Crippen LogP contribution in [-0.4, -0.2) is 28.9 Å². The fraction of sp³-hybridized carbons (Fsp3) is 0.889. The van der Waals surface area contributed by atoms with Crippen molar-refractivity contribution in [3.05, 3.63) is 0 Å². The topological polar surface area (TPSA) is 46.3 Å². The molecule has 1 amide bonds. The lowest BCUT2D eigenvalue weighted by Gasteiger charge is -2.47. The summed E-state index contributed by atoms with van der Waals surface area (Å²) >= 11 is 0. The Labute approximate surface area is 72.9 Å². The third-order valence-electron chi connectivity index (χ3n) is 3.29. The van der Waals surface area contributed by atoms with E-state index in [1.807, 2.05) is 4.90 Å². The minimum atomic E-state index is -0.206. The monoisotopic (exact) mass is 168 g/mol. The average Bonchev–Trinajstić information content (AvgIpc) is 2.47. The molecule has 2 fully saturated rings. The van der Waals surface area contributed by atoms with E-state index in [4.69, 9.17) is 5.73 Å². The average molecular weight is 168 g/mol. The predicted octanol–water partition coefficient (Wildman–Crippen LogP) is 0.489. The van der Waals surface area contributed by atoms with Gasteiger partial charge in [-0.15, -0.1) is 0 Å². The van der Waals surface area contributed by atoms with Crippen molar-refractivity contribution in [2.45, 2.75) is 44.2 Å². The number of amides is 1. The molecule has 2 rings (SSSR count). The van der Waals surface area contributed by atoms with Crippen LogP contribution in [0.5, 0.6) is 0 Å². The van der Waals surface area contributed by atoms with Crippen LogP contribution in [0.1, 0.15) is 32.6 Å². The smallest absolute Gasteiger partial charge is 0.241 e. The number of nitrogens with zero attached hydrogens (tertiary/aromatic N) is 1. The summed E-state index contributed by atoms with van der Waals surface area (Å²) in [7, 11) is 0. The van der Waals surface area contributed by atoms with Crippen molar-refractivity contribution in [3.63, 3.8) is 0 Å². The second kappa shape index (κ2) is 2.46. The van der Waals surface area contributed by atoms with Crippen molar-refractivity contribution in [1.29, 1.82) is 0 Å². The van der Waals surface area contributed by atoms with Crippen molar-refractivity contribution < 1.29 is 4.79 Å². The fourth-order valence-electron chi connectivity index (χ4n) is 2.35. The van der Waals surface area contributed by atoms with Gasteiger partial charge in [0.15, 0.2) is 0 Å². The van der Waals surface area contributed by atoms with Gasteiger partial charge in [-0.3, -0.25) is 4.79 Å². The van der Waals surface area contributed by atoms with Crippen LogP contribution >= 0.6 is 0 Å². The van der Waals surface area contributed by atoms with Gasteiger partial charge in [-0.1, -0.05) is 12.8 Å². The Hall–Kier alpha value is -0.570. The van der Waals surface area contributed by atoms with E-state index >= 15 is 0 Å². The number of likely N-dealkylation sites (tertiary alicyclic amines) is 1. The van der Waals surface area contributed by atoms with Crippen LogP contribution in [0.3, 0.4) is 0 Å². The molecule has 1 saturated carbocycles. The Morgan fingerprint density at radius 3 is 2.50 bits per heavy atom. The SMILES string of the molecule is CC1(N2CC(N)C2=O)CCCC1. The third kappa shape index (κ3) is 0.959. The lowest BCUT2D eigenvalue weighted by Crippen LogP contribution is -2.67. The molecule has 1 unspecified atom stereocenters. The fourth-order valence-corrected chi connectivity index (χ4v) is 2.35. The summed E-state index contributed by atoms with van der Waals surface area (Å²) in [5, 5.41) is 0. The maximum absolute atomic E-state index is 11.4. The number of β-lactam (4-membered cyclic amide) rings is 1. The largest absolute Gasteiger partial charge is 0.334 e. The molecule has 2 N–H and O–H groups in total. The highest BCUT2D eigenvalue weighted by Gasteiger charge is 2.46. The molecule has 12 heavy (non-hydrogen) atoms. The van der Waals surface area contributed by atoms with E-state index in [1.54, 1.807) is 0 Å².